The highest BCUT2D eigenvalue weighted by molar-refractivity contribution is 5.94. The number of allylic oxidation sites excluding steroid dienone is 1. The van der Waals surface area contributed by atoms with Crippen LogP contribution in [0.2, 0.25) is 0 Å². The number of hydrogen-bond donors (Lipinski definition) is 3. The molecule has 0 bridgehead atoms. The highest BCUT2D eigenvalue weighted by Gasteiger charge is 2.48. The number of benzene rings is 1. The Morgan fingerprint density at radius 1 is 1.26 bits per heavy atom. The van der Waals surface area contributed by atoms with E-state index in [4.69, 9.17) is 5.11 Å². The van der Waals surface area contributed by atoms with Crippen LogP contribution in [0, 0.1) is 5.92 Å². The third kappa shape index (κ3) is 2.23. The monoisotopic (exact) mass is 315 g/mol. The number of carboxylic acids is 2. The van der Waals surface area contributed by atoms with Crippen LogP contribution >= 0.6 is 0 Å². The normalized spacial score (nSPS) is 24.2. The molecule has 2 atom stereocenters. The third-order valence-corrected chi connectivity index (χ3v) is 4.19. The van der Waals surface area contributed by atoms with Gasteiger partial charge in [-0.25, -0.2) is 9.18 Å². The Balaban J connectivity index is 2.18. The third-order valence-electron chi connectivity index (χ3n) is 4.19. The molecule has 6 heteroatoms. The Kier molecular flexibility index (Phi) is 3.32. The molecule has 1 aromatic carbocycles. The number of alkyl halides is 1. The molecule has 3 rings (SSSR count). The summed E-state index contributed by atoms with van der Waals surface area (Å²) in [5, 5.41) is 19.3. The van der Waals surface area contributed by atoms with Crippen LogP contribution in [0.15, 0.2) is 53.6 Å². The minimum absolute atomic E-state index is 0.0198. The average molecular weight is 315 g/mol. The van der Waals surface area contributed by atoms with Crippen LogP contribution < -0.4 is 0 Å². The second kappa shape index (κ2) is 5.08. The number of carboxylic acid groups (broad SMARTS) is 2. The van der Waals surface area contributed by atoms with Crippen molar-refractivity contribution in [3.05, 3.63) is 59.3 Å². The van der Waals surface area contributed by atoms with E-state index in [9.17, 15) is 14.7 Å². The number of hydrogen-bond acceptors (Lipinski definition) is 2. The maximum Gasteiger partial charge on any atom is 0.335 e. The first-order valence-electron chi connectivity index (χ1n) is 6.98. The number of halogens is 1. The van der Waals surface area contributed by atoms with E-state index in [1.54, 1.807) is 30.3 Å². The minimum Gasteiger partial charge on any atom is -0.481 e. The quantitative estimate of drug-likeness (QED) is 0.812. The second-order valence-corrected chi connectivity index (χ2v) is 5.54. The fraction of sp³-hybridized carbons (Fsp3) is 0.176. The number of H-pyrrole nitrogens is 1. The van der Waals surface area contributed by atoms with E-state index in [-0.39, 0.29) is 16.8 Å². The minimum atomic E-state index is -2.34. The molecule has 2 unspecified atom stereocenters. The predicted octanol–water partition coefficient (Wildman–Crippen LogP) is 3.00. The topological polar surface area (TPSA) is 90.4 Å². The first kappa shape index (κ1) is 15.0. The molecule has 0 fully saturated rings. The number of para-hydroxylation sites is 1. The van der Waals surface area contributed by atoms with Crippen molar-refractivity contribution >= 4 is 22.8 Å². The summed E-state index contributed by atoms with van der Waals surface area (Å²) in [5.41, 5.74) is -1.78. The van der Waals surface area contributed by atoms with Crippen molar-refractivity contribution in [3.63, 3.8) is 0 Å². The van der Waals surface area contributed by atoms with E-state index in [2.05, 4.69) is 4.98 Å². The fourth-order valence-electron chi connectivity index (χ4n) is 3.03. The molecule has 5 nitrogen and oxygen atoms in total. The van der Waals surface area contributed by atoms with Crippen LogP contribution in [0.3, 0.4) is 0 Å². The van der Waals surface area contributed by atoms with Crippen LogP contribution in [-0.2, 0) is 15.3 Å². The highest BCUT2D eigenvalue weighted by atomic mass is 19.1. The molecule has 0 spiro atoms. The summed E-state index contributed by atoms with van der Waals surface area (Å²) in [7, 11) is 0. The van der Waals surface area contributed by atoms with Crippen LogP contribution in [0.1, 0.15) is 12.6 Å². The molecule has 0 amide bonds. The molecule has 1 aliphatic rings. The van der Waals surface area contributed by atoms with E-state index in [0.29, 0.717) is 5.52 Å². The largest absolute Gasteiger partial charge is 0.481 e. The zero-order chi connectivity index (χ0) is 16.8. The van der Waals surface area contributed by atoms with Crippen molar-refractivity contribution in [3.8, 4) is 0 Å². The van der Waals surface area contributed by atoms with Gasteiger partial charge in [-0.3, -0.25) is 4.79 Å². The molecule has 23 heavy (non-hydrogen) atoms. The number of aromatic amines is 1. The predicted molar refractivity (Wildman–Crippen MR) is 81.7 cm³/mol. The van der Waals surface area contributed by atoms with Crippen LogP contribution in [-0.4, -0.2) is 27.1 Å². The molecular weight excluding hydrogens is 301 g/mol. The Morgan fingerprint density at radius 2 is 1.96 bits per heavy atom. The van der Waals surface area contributed by atoms with Crippen molar-refractivity contribution in [2.45, 2.75) is 12.6 Å². The van der Waals surface area contributed by atoms with Gasteiger partial charge in [0.15, 0.2) is 5.67 Å². The van der Waals surface area contributed by atoms with Crippen LogP contribution in [0.4, 0.5) is 4.39 Å². The van der Waals surface area contributed by atoms with Gasteiger partial charge in [0.1, 0.15) is 5.92 Å². The molecule has 3 N–H and O–H groups in total. The average Bonchev–Trinajstić information content (AvgIpc) is 2.91. The van der Waals surface area contributed by atoms with Gasteiger partial charge >= 0.3 is 11.9 Å². The molecule has 1 heterocycles. The van der Waals surface area contributed by atoms with Gasteiger partial charge in [0.05, 0.1) is 11.3 Å². The number of rotatable bonds is 3. The van der Waals surface area contributed by atoms with Gasteiger partial charge < -0.3 is 15.2 Å². The van der Waals surface area contributed by atoms with E-state index < -0.39 is 23.5 Å². The van der Waals surface area contributed by atoms with Gasteiger partial charge in [0.25, 0.3) is 0 Å². The second-order valence-electron chi connectivity index (χ2n) is 5.54. The molecular formula is C17H14FNO4. The smallest absolute Gasteiger partial charge is 0.335 e. The van der Waals surface area contributed by atoms with E-state index in [1.807, 2.05) is 0 Å². The van der Waals surface area contributed by atoms with Gasteiger partial charge in [-0.1, -0.05) is 18.2 Å². The van der Waals surface area contributed by atoms with E-state index in [0.717, 1.165) is 17.5 Å². The number of fused-ring (bicyclic) bond motifs is 1. The Morgan fingerprint density at radius 3 is 2.57 bits per heavy atom. The van der Waals surface area contributed by atoms with Crippen molar-refractivity contribution in [2.24, 2.45) is 5.92 Å². The molecule has 0 aliphatic heterocycles. The summed E-state index contributed by atoms with van der Waals surface area (Å²) in [6.45, 7) is 1.34. The summed E-state index contributed by atoms with van der Waals surface area (Å²) in [6.07, 6.45) is 2.13. The van der Waals surface area contributed by atoms with Gasteiger partial charge in [-0.2, -0.15) is 0 Å². The molecule has 0 saturated heterocycles. The number of nitrogens with one attached hydrogen (secondary N) is 1. The number of carbonyl (C=O) groups is 2. The maximum absolute atomic E-state index is 15.6. The lowest BCUT2D eigenvalue weighted by atomic mass is 9.76. The van der Waals surface area contributed by atoms with E-state index >= 15 is 4.39 Å². The van der Waals surface area contributed by atoms with Crippen molar-refractivity contribution in [2.75, 3.05) is 0 Å². The van der Waals surface area contributed by atoms with Gasteiger partial charge in [-0.15, -0.1) is 0 Å². The number of aliphatic carboxylic acids is 2. The molecule has 1 aromatic heterocycles. The fourth-order valence-corrected chi connectivity index (χ4v) is 3.03. The highest BCUT2D eigenvalue weighted by Crippen LogP contribution is 2.44. The zero-order valence-electron chi connectivity index (χ0n) is 12.2. The standard InChI is InChI=1S/C17H14FNO4/c1-9-11(15(20)21)6-7-17(18,14(9)16(22)23)13-8-10-4-2-3-5-12(10)19-13/h2-8,14,19H,1H3,(H,20,21)(H,22,23). The summed E-state index contributed by atoms with van der Waals surface area (Å²) >= 11 is 0. The molecule has 2 aromatic rings. The lowest BCUT2D eigenvalue weighted by Crippen LogP contribution is -2.38. The van der Waals surface area contributed by atoms with Crippen molar-refractivity contribution in [1.29, 1.82) is 0 Å². The summed E-state index contributed by atoms with van der Waals surface area (Å²) < 4.78 is 15.6. The zero-order valence-corrected chi connectivity index (χ0v) is 12.2. The molecule has 0 saturated carbocycles. The molecule has 0 radical (unpaired) electrons. The first-order valence-corrected chi connectivity index (χ1v) is 6.98. The first-order chi connectivity index (χ1) is 10.8. The molecule has 118 valence electrons. The maximum atomic E-state index is 15.6. The summed E-state index contributed by atoms with van der Waals surface area (Å²) in [4.78, 5) is 25.7. The van der Waals surface area contributed by atoms with Gasteiger partial charge in [-0.05, 0) is 42.2 Å². The Labute approximate surface area is 130 Å². The van der Waals surface area contributed by atoms with Crippen molar-refractivity contribution in [1.82, 2.24) is 4.98 Å². The van der Waals surface area contributed by atoms with Crippen LogP contribution in [0.25, 0.3) is 10.9 Å². The van der Waals surface area contributed by atoms with Gasteiger partial charge in [0.2, 0.25) is 0 Å². The lowest BCUT2D eigenvalue weighted by molar-refractivity contribution is -0.144. The van der Waals surface area contributed by atoms with E-state index in [1.165, 1.54) is 6.92 Å². The lowest BCUT2D eigenvalue weighted by Gasteiger charge is -2.32. The van der Waals surface area contributed by atoms with Crippen molar-refractivity contribution < 1.29 is 24.2 Å². The summed E-state index contributed by atoms with van der Waals surface area (Å²) in [6, 6.07) is 8.67. The number of aromatic nitrogens is 1. The van der Waals surface area contributed by atoms with Crippen LogP contribution in [0.5, 0.6) is 0 Å². The van der Waals surface area contributed by atoms with Gasteiger partial charge in [0, 0.05) is 5.52 Å². The SMILES string of the molecule is CC1=C(C(=O)O)C=CC(F)(c2cc3ccccc3[nH]2)C1C(=O)O. The summed E-state index contributed by atoms with van der Waals surface area (Å²) in [5.74, 6) is -4.29. The Bertz CT molecular complexity index is 847. The Hall–Kier alpha value is -2.89. The molecule has 1 aliphatic carbocycles.